The van der Waals surface area contributed by atoms with Gasteiger partial charge in [-0.15, -0.1) is 0 Å². The van der Waals surface area contributed by atoms with Gasteiger partial charge in [-0.25, -0.2) is 4.79 Å². The maximum absolute atomic E-state index is 11.5. The lowest BCUT2D eigenvalue weighted by molar-refractivity contribution is 0.0600. The van der Waals surface area contributed by atoms with Crippen LogP contribution in [-0.4, -0.2) is 13.1 Å². The van der Waals surface area contributed by atoms with Crippen LogP contribution >= 0.6 is 27.5 Å². The summed E-state index contributed by atoms with van der Waals surface area (Å²) in [6.45, 7) is 0. The van der Waals surface area contributed by atoms with Gasteiger partial charge in [0.05, 0.1) is 23.4 Å². The van der Waals surface area contributed by atoms with Crippen LogP contribution in [0.15, 0.2) is 40.9 Å². The summed E-state index contributed by atoms with van der Waals surface area (Å²) in [5.74, 6) is 0.317. The zero-order valence-electron chi connectivity index (χ0n) is 10.5. The minimum absolute atomic E-state index is 0.341. The standard InChI is InChI=1S/C14H11BrClNO3/c1-19-14(18)8-2-5-11(17)13(6-8)20-12-7-9(15)3-4-10(12)16/h2-7H,17H2,1H3. The Labute approximate surface area is 129 Å². The highest BCUT2D eigenvalue weighted by atomic mass is 79.9. The van der Waals surface area contributed by atoms with Crippen molar-refractivity contribution in [2.24, 2.45) is 0 Å². The molecular weight excluding hydrogens is 346 g/mol. The van der Waals surface area contributed by atoms with Gasteiger partial charge in [-0.2, -0.15) is 0 Å². The fourth-order valence-corrected chi connectivity index (χ4v) is 2.04. The second kappa shape index (κ2) is 6.15. The van der Waals surface area contributed by atoms with E-state index in [4.69, 9.17) is 22.1 Å². The molecule has 2 aromatic rings. The Morgan fingerprint density at radius 2 is 1.95 bits per heavy atom. The third-order valence-corrected chi connectivity index (χ3v) is 3.35. The number of hydrogen-bond acceptors (Lipinski definition) is 4. The zero-order chi connectivity index (χ0) is 14.7. The summed E-state index contributed by atoms with van der Waals surface area (Å²) in [6.07, 6.45) is 0. The molecule has 20 heavy (non-hydrogen) atoms. The van der Waals surface area contributed by atoms with Crippen molar-refractivity contribution >= 4 is 39.2 Å². The van der Waals surface area contributed by atoms with Crippen molar-refractivity contribution in [2.45, 2.75) is 0 Å². The molecule has 2 N–H and O–H groups in total. The van der Waals surface area contributed by atoms with Gasteiger partial charge in [0, 0.05) is 4.47 Å². The summed E-state index contributed by atoms with van der Waals surface area (Å²) >= 11 is 9.38. The summed E-state index contributed by atoms with van der Waals surface area (Å²) < 4.78 is 11.1. The number of carbonyl (C=O) groups excluding carboxylic acids is 1. The lowest BCUT2D eigenvalue weighted by atomic mass is 10.2. The van der Waals surface area contributed by atoms with Crippen molar-refractivity contribution in [2.75, 3.05) is 12.8 Å². The molecular formula is C14H11BrClNO3. The third-order valence-electron chi connectivity index (χ3n) is 2.55. The Morgan fingerprint density at radius 1 is 1.20 bits per heavy atom. The number of carbonyl (C=O) groups is 1. The molecule has 0 aliphatic heterocycles. The second-order valence-electron chi connectivity index (χ2n) is 3.92. The average molecular weight is 357 g/mol. The average Bonchev–Trinajstić information content (AvgIpc) is 2.44. The first-order valence-corrected chi connectivity index (χ1v) is 6.79. The molecule has 0 heterocycles. The van der Waals surface area contributed by atoms with E-state index in [9.17, 15) is 4.79 Å². The number of esters is 1. The van der Waals surface area contributed by atoms with E-state index in [1.165, 1.54) is 13.2 Å². The second-order valence-corrected chi connectivity index (χ2v) is 5.24. The van der Waals surface area contributed by atoms with Crippen LogP contribution in [0.3, 0.4) is 0 Å². The Bertz CT molecular complexity index is 661. The smallest absolute Gasteiger partial charge is 0.337 e. The molecule has 0 saturated heterocycles. The van der Waals surface area contributed by atoms with E-state index in [2.05, 4.69) is 20.7 Å². The Hall–Kier alpha value is -1.72. The van der Waals surface area contributed by atoms with Gasteiger partial charge in [-0.3, -0.25) is 0 Å². The van der Waals surface area contributed by atoms with Crippen LogP contribution in [0.25, 0.3) is 0 Å². The van der Waals surface area contributed by atoms with E-state index in [1.807, 2.05) is 0 Å². The quantitative estimate of drug-likeness (QED) is 0.659. The van der Waals surface area contributed by atoms with Gasteiger partial charge in [0.15, 0.2) is 5.75 Å². The molecule has 0 aliphatic carbocycles. The summed E-state index contributed by atoms with van der Waals surface area (Å²) in [4.78, 5) is 11.5. The number of methoxy groups -OCH3 is 1. The monoisotopic (exact) mass is 355 g/mol. The fraction of sp³-hybridized carbons (Fsp3) is 0.0714. The van der Waals surface area contributed by atoms with E-state index in [0.717, 1.165) is 4.47 Å². The molecule has 0 aliphatic rings. The number of hydrogen-bond donors (Lipinski definition) is 1. The maximum Gasteiger partial charge on any atom is 0.337 e. The van der Waals surface area contributed by atoms with Gasteiger partial charge >= 0.3 is 5.97 Å². The maximum atomic E-state index is 11.5. The van der Waals surface area contributed by atoms with Gasteiger partial charge in [0.2, 0.25) is 0 Å². The minimum atomic E-state index is -0.463. The van der Waals surface area contributed by atoms with Crippen LogP contribution in [0.1, 0.15) is 10.4 Å². The summed E-state index contributed by atoms with van der Waals surface area (Å²) in [7, 11) is 1.31. The molecule has 0 bridgehead atoms. The molecule has 0 radical (unpaired) electrons. The molecule has 6 heteroatoms. The molecule has 0 saturated carbocycles. The molecule has 0 spiro atoms. The van der Waals surface area contributed by atoms with Crippen LogP contribution in [0.5, 0.6) is 11.5 Å². The van der Waals surface area contributed by atoms with Crippen LogP contribution in [-0.2, 0) is 4.74 Å². The number of nitrogens with two attached hydrogens (primary N) is 1. The number of benzene rings is 2. The predicted octanol–water partition coefficient (Wildman–Crippen LogP) is 4.26. The topological polar surface area (TPSA) is 61.5 Å². The van der Waals surface area contributed by atoms with Crippen LogP contribution < -0.4 is 10.5 Å². The number of anilines is 1. The molecule has 0 amide bonds. The number of rotatable bonds is 3. The van der Waals surface area contributed by atoms with Gasteiger partial charge < -0.3 is 15.2 Å². The first kappa shape index (κ1) is 14.7. The minimum Gasteiger partial charge on any atom is -0.465 e. The summed E-state index contributed by atoms with van der Waals surface area (Å²) in [5.41, 5.74) is 6.58. The van der Waals surface area contributed by atoms with Crippen molar-refractivity contribution < 1.29 is 14.3 Å². The van der Waals surface area contributed by atoms with Crippen molar-refractivity contribution in [1.29, 1.82) is 0 Å². The molecule has 0 unspecified atom stereocenters. The normalized spacial score (nSPS) is 10.2. The molecule has 0 atom stereocenters. The molecule has 0 aromatic heterocycles. The van der Waals surface area contributed by atoms with E-state index in [1.54, 1.807) is 30.3 Å². The lowest BCUT2D eigenvalue weighted by Gasteiger charge is -2.11. The number of nitrogen functional groups attached to an aromatic ring is 1. The molecule has 2 aromatic carbocycles. The van der Waals surface area contributed by atoms with Gasteiger partial charge in [-0.05, 0) is 36.4 Å². The summed E-state index contributed by atoms with van der Waals surface area (Å²) in [6, 6.07) is 9.86. The number of ether oxygens (including phenoxy) is 2. The van der Waals surface area contributed by atoms with Crippen molar-refractivity contribution in [3.05, 3.63) is 51.5 Å². The highest BCUT2D eigenvalue weighted by molar-refractivity contribution is 9.10. The molecule has 104 valence electrons. The lowest BCUT2D eigenvalue weighted by Crippen LogP contribution is -2.02. The Morgan fingerprint density at radius 3 is 2.65 bits per heavy atom. The first-order valence-electron chi connectivity index (χ1n) is 5.62. The largest absolute Gasteiger partial charge is 0.465 e. The number of halogens is 2. The van der Waals surface area contributed by atoms with Crippen molar-refractivity contribution in [1.82, 2.24) is 0 Å². The molecule has 0 fully saturated rings. The predicted molar refractivity (Wildman–Crippen MR) is 81.4 cm³/mol. The van der Waals surface area contributed by atoms with Crippen molar-refractivity contribution in [3.8, 4) is 11.5 Å². The van der Waals surface area contributed by atoms with E-state index in [0.29, 0.717) is 27.8 Å². The highest BCUT2D eigenvalue weighted by Crippen LogP contribution is 2.34. The van der Waals surface area contributed by atoms with Gasteiger partial charge in [0.1, 0.15) is 5.75 Å². The molecule has 2 rings (SSSR count). The fourth-order valence-electron chi connectivity index (χ4n) is 1.54. The van der Waals surface area contributed by atoms with E-state index >= 15 is 0 Å². The van der Waals surface area contributed by atoms with Crippen LogP contribution in [0.2, 0.25) is 5.02 Å². The third kappa shape index (κ3) is 3.23. The first-order chi connectivity index (χ1) is 9.51. The summed E-state index contributed by atoms with van der Waals surface area (Å²) in [5, 5.41) is 0.441. The van der Waals surface area contributed by atoms with Gasteiger partial charge in [-0.1, -0.05) is 27.5 Å². The van der Waals surface area contributed by atoms with Crippen LogP contribution in [0, 0.1) is 0 Å². The van der Waals surface area contributed by atoms with Crippen LogP contribution in [0.4, 0.5) is 5.69 Å². The SMILES string of the molecule is COC(=O)c1ccc(N)c(Oc2cc(Br)ccc2Cl)c1. The highest BCUT2D eigenvalue weighted by Gasteiger charge is 2.11. The zero-order valence-corrected chi connectivity index (χ0v) is 12.9. The van der Waals surface area contributed by atoms with Gasteiger partial charge in [0.25, 0.3) is 0 Å². The Kier molecular flexibility index (Phi) is 4.52. The van der Waals surface area contributed by atoms with E-state index < -0.39 is 5.97 Å². The Balaban J connectivity index is 2.37. The van der Waals surface area contributed by atoms with Crippen molar-refractivity contribution in [3.63, 3.8) is 0 Å². The van der Waals surface area contributed by atoms with E-state index in [-0.39, 0.29) is 0 Å². The molecule has 4 nitrogen and oxygen atoms in total.